The van der Waals surface area contributed by atoms with Gasteiger partial charge in [0.1, 0.15) is 15.0 Å². The maximum Gasteiger partial charge on any atom is 1.00 e. The summed E-state index contributed by atoms with van der Waals surface area (Å²) in [6.07, 6.45) is 22.4. The summed E-state index contributed by atoms with van der Waals surface area (Å²) in [4.78, 5) is 22.6. The van der Waals surface area contributed by atoms with Gasteiger partial charge in [0.15, 0.2) is 11.6 Å². The molecular formula is C24H39NaO5S. The van der Waals surface area contributed by atoms with Crippen molar-refractivity contribution >= 4 is 21.7 Å². The van der Waals surface area contributed by atoms with Gasteiger partial charge in [-0.1, -0.05) is 103 Å². The summed E-state index contributed by atoms with van der Waals surface area (Å²) < 4.78 is 32.8. The summed E-state index contributed by atoms with van der Waals surface area (Å²) in [6, 6.07) is 0. The monoisotopic (exact) mass is 462 g/mol. The zero-order valence-electron chi connectivity index (χ0n) is 19.6. The van der Waals surface area contributed by atoms with Gasteiger partial charge in [0.25, 0.3) is 0 Å². The Bertz CT molecular complexity index is 695. The number of ketones is 2. The van der Waals surface area contributed by atoms with Crippen molar-refractivity contribution in [1.82, 2.24) is 0 Å². The van der Waals surface area contributed by atoms with Crippen molar-refractivity contribution in [3.8, 4) is 0 Å². The molecule has 0 radical (unpaired) electrons. The average Bonchev–Trinajstić information content (AvgIpc) is 2.69. The topological polar surface area (TPSA) is 91.3 Å². The fourth-order valence-corrected chi connectivity index (χ4v) is 4.39. The first-order valence-corrected chi connectivity index (χ1v) is 13.2. The second-order valence-corrected chi connectivity index (χ2v) is 9.76. The first-order valence-electron chi connectivity index (χ1n) is 11.8. The molecule has 1 aliphatic rings. The van der Waals surface area contributed by atoms with Gasteiger partial charge in [-0.2, -0.15) is 0 Å². The number of unbranched alkanes of at least 4 members (excludes halogenated alkanes) is 15. The molecule has 0 unspecified atom stereocenters. The Labute approximate surface area is 211 Å². The molecule has 0 saturated carbocycles. The van der Waals surface area contributed by atoms with Gasteiger partial charge in [0, 0.05) is 11.6 Å². The number of carbonyl (C=O) groups excluding carboxylic acids is 2. The fourth-order valence-electron chi connectivity index (χ4n) is 3.84. The zero-order chi connectivity index (χ0) is 22.2. The van der Waals surface area contributed by atoms with Crippen molar-refractivity contribution in [2.24, 2.45) is 0 Å². The fraction of sp³-hybridized carbons (Fsp3) is 0.750. The summed E-state index contributed by atoms with van der Waals surface area (Å²) in [7, 11) is -4.89. The van der Waals surface area contributed by atoms with Crippen LogP contribution in [0.25, 0.3) is 0 Å². The summed E-state index contributed by atoms with van der Waals surface area (Å²) in [5.74, 6) is -1.42. The van der Waals surface area contributed by atoms with Gasteiger partial charge in [-0.3, -0.25) is 9.59 Å². The Morgan fingerprint density at radius 3 is 1.42 bits per heavy atom. The Morgan fingerprint density at radius 1 is 0.645 bits per heavy atom. The molecule has 0 heterocycles. The Hall–Kier alpha value is -0.270. The van der Waals surface area contributed by atoms with E-state index < -0.39 is 26.6 Å². The molecule has 0 amide bonds. The van der Waals surface area contributed by atoms with E-state index in [1.807, 2.05) is 0 Å². The minimum atomic E-state index is -4.89. The second kappa shape index (κ2) is 18.2. The number of rotatable bonds is 18. The van der Waals surface area contributed by atoms with Gasteiger partial charge in [0.2, 0.25) is 0 Å². The molecule has 31 heavy (non-hydrogen) atoms. The average molecular weight is 463 g/mol. The molecule has 172 valence electrons. The number of hydrogen-bond acceptors (Lipinski definition) is 5. The van der Waals surface area contributed by atoms with Crippen LogP contribution in [0.4, 0.5) is 0 Å². The van der Waals surface area contributed by atoms with Crippen LogP contribution in [0.2, 0.25) is 0 Å². The number of allylic oxidation sites excluding steroid dienone is 4. The summed E-state index contributed by atoms with van der Waals surface area (Å²) in [5.41, 5.74) is 0.303. The molecule has 0 bridgehead atoms. The van der Waals surface area contributed by atoms with Crippen LogP contribution in [0.5, 0.6) is 0 Å². The van der Waals surface area contributed by atoms with Gasteiger partial charge in [-0.05, 0) is 18.9 Å². The quantitative estimate of drug-likeness (QED) is 0.135. The van der Waals surface area contributed by atoms with Gasteiger partial charge in [-0.15, -0.1) is 0 Å². The van der Waals surface area contributed by atoms with Gasteiger partial charge < -0.3 is 4.55 Å². The molecule has 0 aromatic heterocycles. The van der Waals surface area contributed by atoms with E-state index in [1.165, 1.54) is 83.5 Å². The normalized spacial score (nSPS) is 14.3. The molecule has 0 saturated heterocycles. The molecule has 1 aliphatic carbocycles. The first kappa shape index (κ1) is 30.7. The van der Waals surface area contributed by atoms with Crippen molar-refractivity contribution in [1.29, 1.82) is 0 Å². The Kier molecular flexibility index (Phi) is 18.0. The molecule has 0 atom stereocenters. The molecule has 0 aliphatic heterocycles. The second-order valence-electron chi connectivity index (χ2n) is 8.41. The maximum atomic E-state index is 11.9. The molecule has 0 aromatic rings. The van der Waals surface area contributed by atoms with Crippen LogP contribution in [0.1, 0.15) is 116 Å². The minimum Gasteiger partial charge on any atom is -0.744 e. The van der Waals surface area contributed by atoms with Gasteiger partial charge in [0.05, 0.1) is 0 Å². The summed E-state index contributed by atoms with van der Waals surface area (Å²) in [6.45, 7) is 2.25. The first-order chi connectivity index (χ1) is 14.4. The third-order valence-electron chi connectivity index (χ3n) is 5.70. The van der Waals surface area contributed by atoms with Gasteiger partial charge >= 0.3 is 29.6 Å². The van der Waals surface area contributed by atoms with E-state index in [0.29, 0.717) is 18.1 Å². The SMILES string of the molecule is CCCCCCCCCCCCCCCCCCC1=CC(=O)C(S(=O)(=O)[O-])=CC1=O.[Na+]. The van der Waals surface area contributed by atoms with Crippen LogP contribution in [0.15, 0.2) is 22.6 Å². The predicted molar refractivity (Wildman–Crippen MR) is 120 cm³/mol. The van der Waals surface area contributed by atoms with Crippen LogP contribution >= 0.6 is 0 Å². The third kappa shape index (κ3) is 14.5. The Balaban J connectivity index is 0.00000900. The van der Waals surface area contributed by atoms with E-state index in [0.717, 1.165) is 25.3 Å². The summed E-state index contributed by atoms with van der Waals surface area (Å²) in [5, 5.41) is 0. The van der Waals surface area contributed by atoms with Crippen molar-refractivity contribution in [2.75, 3.05) is 0 Å². The van der Waals surface area contributed by atoms with E-state index >= 15 is 0 Å². The van der Waals surface area contributed by atoms with E-state index in [4.69, 9.17) is 0 Å². The molecule has 1 rings (SSSR count). The van der Waals surface area contributed by atoms with Crippen LogP contribution in [-0.2, 0) is 19.7 Å². The van der Waals surface area contributed by atoms with Gasteiger partial charge in [-0.25, -0.2) is 8.42 Å². The predicted octanol–water partition coefficient (Wildman–Crippen LogP) is 3.15. The van der Waals surface area contributed by atoms with Crippen LogP contribution in [0, 0.1) is 0 Å². The summed E-state index contributed by atoms with van der Waals surface area (Å²) >= 11 is 0. The van der Waals surface area contributed by atoms with E-state index in [9.17, 15) is 22.6 Å². The van der Waals surface area contributed by atoms with E-state index in [1.54, 1.807) is 0 Å². The van der Waals surface area contributed by atoms with E-state index in [-0.39, 0.29) is 29.6 Å². The molecule has 0 N–H and O–H groups in total. The maximum absolute atomic E-state index is 11.9. The molecule has 0 spiro atoms. The third-order valence-corrected chi connectivity index (χ3v) is 6.55. The van der Waals surface area contributed by atoms with E-state index in [2.05, 4.69) is 6.92 Å². The van der Waals surface area contributed by atoms with Crippen molar-refractivity contribution < 1.29 is 52.1 Å². The van der Waals surface area contributed by atoms with Crippen molar-refractivity contribution in [3.63, 3.8) is 0 Å². The molecule has 5 nitrogen and oxygen atoms in total. The minimum absolute atomic E-state index is 0. The van der Waals surface area contributed by atoms with Crippen molar-refractivity contribution in [3.05, 3.63) is 22.6 Å². The zero-order valence-corrected chi connectivity index (χ0v) is 22.4. The number of hydrogen-bond donors (Lipinski definition) is 0. The molecule has 7 heteroatoms. The molecule has 0 aromatic carbocycles. The Morgan fingerprint density at radius 2 is 1.03 bits per heavy atom. The van der Waals surface area contributed by atoms with Crippen molar-refractivity contribution in [2.45, 2.75) is 116 Å². The standard InChI is InChI=1S/C24H40O5S.Na/c1-2-3-4-5-6-7-8-9-10-11-12-13-14-15-16-17-18-21-19-23(26)24(20-22(21)25)30(27,28)29;/h19-20H,2-18H2,1H3,(H,27,28,29);/q;+1/p-1. The van der Waals surface area contributed by atoms with Crippen LogP contribution in [-0.4, -0.2) is 24.5 Å². The van der Waals surface area contributed by atoms with Crippen LogP contribution < -0.4 is 29.6 Å². The van der Waals surface area contributed by atoms with Crippen LogP contribution in [0.3, 0.4) is 0 Å². The largest absolute Gasteiger partial charge is 1.00 e. The molecular weight excluding hydrogens is 423 g/mol. The smallest absolute Gasteiger partial charge is 0.744 e. The number of carbonyl (C=O) groups is 2. The molecule has 0 fully saturated rings.